The molecular weight excluding hydrogens is 361 g/mol. The molecule has 3 rings (SSSR count). The minimum atomic E-state index is -0.450. The van der Waals surface area contributed by atoms with Crippen LogP contribution in [0.2, 0.25) is 5.02 Å². The first kappa shape index (κ1) is 17.4. The largest absolute Gasteiger partial charge is 0.337 e. The molecule has 0 aliphatic heterocycles. The van der Waals surface area contributed by atoms with Gasteiger partial charge in [0.05, 0.1) is 16.4 Å². The lowest BCUT2D eigenvalue weighted by Crippen LogP contribution is -2.30. The number of carbonyl (C=O) groups excluding carboxylic acids is 1. The molecule has 0 saturated carbocycles. The number of thiazole rings is 1. The molecule has 1 heterocycles. The van der Waals surface area contributed by atoms with E-state index in [-0.39, 0.29) is 5.02 Å². The molecule has 0 bridgehead atoms. The Morgan fingerprint density at radius 2 is 2.00 bits per heavy atom. The summed E-state index contributed by atoms with van der Waals surface area (Å²) in [7, 11) is 0. The van der Waals surface area contributed by atoms with Gasteiger partial charge in [0.15, 0.2) is 0 Å². The van der Waals surface area contributed by atoms with E-state index in [2.05, 4.69) is 15.6 Å². The highest BCUT2D eigenvalue weighted by Gasteiger charge is 2.08. The van der Waals surface area contributed by atoms with Gasteiger partial charge in [-0.25, -0.2) is 14.2 Å². The molecule has 7 heteroatoms. The highest BCUT2D eigenvalue weighted by atomic mass is 35.5. The summed E-state index contributed by atoms with van der Waals surface area (Å²) >= 11 is 7.45. The molecule has 1 aromatic heterocycles. The molecule has 3 aromatic rings. The molecule has 0 aliphatic carbocycles. The van der Waals surface area contributed by atoms with Crippen molar-refractivity contribution < 1.29 is 9.18 Å². The van der Waals surface area contributed by atoms with Gasteiger partial charge in [-0.2, -0.15) is 0 Å². The normalized spacial score (nSPS) is 10.5. The fraction of sp³-hybridized carbons (Fsp3) is 0.111. The summed E-state index contributed by atoms with van der Waals surface area (Å²) in [4.78, 5) is 16.4. The Bertz CT molecular complexity index is 870. The number of hydrogen-bond acceptors (Lipinski definition) is 3. The highest BCUT2D eigenvalue weighted by molar-refractivity contribution is 7.13. The molecule has 4 nitrogen and oxygen atoms in total. The van der Waals surface area contributed by atoms with E-state index in [4.69, 9.17) is 11.6 Å². The molecule has 25 heavy (non-hydrogen) atoms. The van der Waals surface area contributed by atoms with Crippen molar-refractivity contribution in [2.45, 2.75) is 6.42 Å². The standard InChI is InChI=1S/C18H15ClFN3OS/c19-15-10-13(20)6-7-16(15)23-18(24)21-9-8-14-11-25-17(22-14)12-4-2-1-3-5-12/h1-7,10-11H,8-9H2,(H2,21,23,24). The van der Waals surface area contributed by atoms with Gasteiger partial charge in [-0.3, -0.25) is 0 Å². The number of aromatic nitrogens is 1. The molecule has 0 unspecified atom stereocenters. The van der Waals surface area contributed by atoms with Crippen molar-refractivity contribution in [1.29, 1.82) is 0 Å². The summed E-state index contributed by atoms with van der Waals surface area (Å²) in [5, 5.41) is 8.42. The van der Waals surface area contributed by atoms with Crippen molar-refractivity contribution in [3.05, 3.63) is 70.4 Å². The molecule has 128 valence electrons. The van der Waals surface area contributed by atoms with E-state index in [1.807, 2.05) is 35.7 Å². The summed E-state index contributed by atoms with van der Waals surface area (Å²) in [5.41, 5.74) is 2.36. The molecule has 0 saturated heterocycles. The number of carbonyl (C=O) groups is 1. The van der Waals surface area contributed by atoms with E-state index < -0.39 is 11.8 Å². The average Bonchev–Trinajstić information content (AvgIpc) is 3.07. The Hall–Kier alpha value is -2.44. The highest BCUT2D eigenvalue weighted by Crippen LogP contribution is 2.23. The fourth-order valence-electron chi connectivity index (χ4n) is 2.20. The van der Waals surface area contributed by atoms with Gasteiger partial charge in [-0.05, 0) is 18.2 Å². The molecule has 2 N–H and O–H groups in total. The lowest BCUT2D eigenvalue weighted by atomic mass is 10.2. The van der Waals surface area contributed by atoms with E-state index in [1.54, 1.807) is 11.3 Å². The third-order valence-electron chi connectivity index (χ3n) is 3.42. The third kappa shape index (κ3) is 4.78. The number of halogens is 2. The number of nitrogens with zero attached hydrogens (tertiary/aromatic N) is 1. The third-order valence-corrected chi connectivity index (χ3v) is 4.67. The minimum absolute atomic E-state index is 0.155. The van der Waals surface area contributed by atoms with Crippen LogP contribution >= 0.6 is 22.9 Å². The quantitative estimate of drug-likeness (QED) is 0.661. The Kier molecular flexibility index (Phi) is 5.63. The van der Waals surface area contributed by atoms with Crippen molar-refractivity contribution in [3.63, 3.8) is 0 Å². The molecular formula is C18H15ClFN3OS. The number of rotatable bonds is 5. The Morgan fingerprint density at radius 1 is 1.20 bits per heavy atom. The number of anilines is 1. The van der Waals surface area contributed by atoms with E-state index >= 15 is 0 Å². The van der Waals surface area contributed by atoms with Crippen LogP contribution in [0, 0.1) is 5.82 Å². The van der Waals surface area contributed by atoms with E-state index in [9.17, 15) is 9.18 Å². The predicted molar refractivity (Wildman–Crippen MR) is 99.7 cm³/mol. The molecule has 2 amide bonds. The average molecular weight is 376 g/mol. The van der Waals surface area contributed by atoms with Crippen molar-refractivity contribution in [1.82, 2.24) is 10.3 Å². The van der Waals surface area contributed by atoms with Crippen molar-refractivity contribution >= 4 is 34.7 Å². The summed E-state index contributed by atoms with van der Waals surface area (Å²) in [5.74, 6) is -0.450. The fourth-order valence-corrected chi connectivity index (χ4v) is 3.27. The molecule has 0 fully saturated rings. The van der Waals surface area contributed by atoms with Gasteiger partial charge in [-0.15, -0.1) is 11.3 Å². The molecule has 0 aliphatic rings. The van der Waals surface area contributed by atoms with E-state index in [0.29, 0.717) is 18.7 Å². The van der Waals surface area contributed by atoms with E-state index in [0.717, 1.165) is 22.3 Å². The Labute approximate surface area is 153 Å². The van der Waals surface area contributed by atoms with Gasteiger partial charge in [0.2, 0.25) is 0 Å². The van der Waals surface area contributed by atoms with E-state index in [1.165, 1.54) is 12.1 Å². The number of hydrogen-bond donors (Lipinski definition) is 2. The molecule has 0 radical (unpaired) electrons. The number of amides is 2. The smallest absolute Gasteiger partial charge is 0.319 e. The second-order valence-corrected chi connectivity index (χ2v) is 6.53. The topological polar surface area (TPSA) is 54.0 Å². The zero-order valence-electron chi connectivity index (χ0n) is 13.1. The second kappa shape index (κ2) is 8.09. The Balaban J connectivity index is 1.49. The van der Waals surface area contributed by atoms with Gasteiger partial charge in [0.1, 0.15) is 10.8 Å². The summed E-state index contributed by atoms with van der Waals surface area (Å²) in [6, 6.07) is 13.4. The van der Waals surface area contributed by atoms with Crippen LogP contribution in [0.3, 0.4) is 0 Å². The summed E-state index contributed by atoms with van der Waals surface area (Å²) in [6.07, 6.45) is 0.619. The minimum Gasteiger partial charge on any atom is -0.337 e. The maximum atomic E-state index is 13.0. The number of urea groups is 1. The van der Waals surface area contributed by atoms with Crippen LogP contribution in [0.4, 0.5) is 14.9 Å². The van der Waals surface area contributed by atoms with Crippen LogP contribution in [0.1, 0.15) is 5.69 Å². The predicted octanol–water partition coefficient (Wildman–Crippen LogP) is 4.97. The van der Waals surface area contributed by atoms with Crippen LogP contribution in [0.25, 0.3) is 10.6 Å². The second-order valence-electron chi connectivity index (χ2n) is 5.27. The van der Waals surface area contributed by atoms with Crippen LogP contribution in [0.5, 0.6) is 0 Å². The SMILES string of the molecule is O=C(NCCc1csc(-c2ccccc2)n1)Nc1ccc(F)cc1Cl. The summed E-state index contributed by atoms with van der Waals surface area (Å²) < 4.78 is 13.0. The molecule has 0 spiro atoms. The first-order valence-electron chi connectivity index (χ1n) is 7.61. The van der Waals surface area contributed by atoms with Gasteiger partial charge in [0, 0.05) is 23.9 Å². The zero-order chi connectivity index (χ0) is 17.6. The maximum Gasteiger partial charge on any atom is 0.319 e. The van der Waals surface area contributed by atoms with Crippen molar-refractivity contribution in [2.75, 3.05) is 11.9 Å². The van der Waals surface area contributed by atoms with Crippen molar-refractivity contribution in [2.24, 2.45) is 0 Å². The Morgan fingerprint density at radius 3 is 2.76 bits per heavy atom. The van der Waals surface area contributed by atoms with Crippen LogP contribution in [-0.4, -0.2) is 17.6 Å². The first-order chi connectivity index (χ1) is 12.1. The number of nitrogens with one attached hydrogen (secondary N) is 2. The molecule has 0 atom stereocenters. The monoisotopic (exact) mass is 375 g/mol. The van der Waals surface area contributed by atoms with Gasteiger partial charge >= 0.3 is 6.03 Å². The van der Waals surface area contributed by atoms with Gasteiger partial charge in [-0.1, -0.05) is 41.9 Å². The van der Waals surface area contributed by atoms with Crippen molar-refractivity contribution in [3.8, 4) is 10.6 Å². The van der Waals surface area contributed by atoms with Crippen LogP contribution in [-0.2, 0) is 6.42 Å². The zero-order valence-corrected chi connectivity index (χ0v) is 14.7. The first-order valence-corrected chi connectivity index (χ1v) is 8.87. The van der Waals surface area contributed by atoms with Crippen LogP contribution < -0.4 is 10.6 Å². The lowest BCUT2D eigenvalue weighted by molar-refractivity contribution is 0.252. The van der Waals surface area contributed by atoms with Gasteiger partial charge in [0.25, 0.3) is 0 Å². The molecule has 2 aromatic carbocycles. The maximum absolute atomic E-state index is 13.0. The van der Waals surface area contributed by atoms with Gasteiger partial charge < -0.3 is 10.6 Å². The number of benzene rings is 2. The lowest BCUT2D eigenvalue weighted by Gasteiger charge is -2.08. The summed E-state index contributed by atoms with van der Waals surface area (Å²) in [6.45, 7) is 0.433. The van der Waals surface area contributed by atoms with Crippen LogP contribution in [0.15, 0.2) is 53.9 Å².